The van der Waals surface area contributed by atoms with E-state index in [1.807, 2.05) is 87.5 Å². The molecule has 0 aliphatic rings. The molecule has 0 atom stereocenters. The summed E-state index contributed by atoms with van der Waals surface area (Å²) < 4.78 is 3.25. The molecule has 0 saturated heterocycles. The maximum Gasteiger partial charge on any atom is 0.247 e. The van der Waals surface area contributed by atoms with E-state index >= 15 is 0 Å². The molecule has 0 bridgehead atoms. The number of nitrogens with one attached hydrogen (secondary N) is 1. The Kier molecular flexibility index (Phi) is 5.14. The number of carbonyl (C=O) groups excluding carboxylic acids is 1. The van der Waals surface area contributed by atoms with Crippen LogP contribution in [-0.4, -0.2) is 35.9 Å². The van der Waals surface area contributed by atoms with Crippen molar-refractivity contribution >= 4 is 11.7 Å². The van der Waals surface area contributed by atoms with Crippen LogP contribution in [0.1, 0.15) is 26.6 Å². The van der Waals surface area contributed by atoms with Gasteiger partial charge in [0, 0.05) is 17.0 Å². The Morgan fingerprint density at radius 3 is 2.33 bits per heavy atom. The van der Waals surface area contributed by atoms with Crippen LogP contribution in [0.2, 0.25) is 0 Å². The van der Waals surface area contributed by atoms with Gasteiger partial charge in [-0.3, -0.25) is 4.79 Å². The average Bonchev–Trinajstić information content (AvgIpc) is 3.36. The quantitative estimate of drug-likeness (QED) is 0.553. The fourth-order valence-corrected chi connectivity index (χ4v) is 3.15. The summed E-state index contributed by atoms with van der Waals surface area (Å²) in [5, 5.41) is 19.4. The molecule has 4 aromatic rings. The first-order valence-corrected chi connectivity index (χ1v) is 9.69. The van der Waals surface area contributed by atoms with Gasteiger partial charge in [-0.15, -0.1) is 5.10 Å². The average molecular weight is 401 g/mol. The second-order valence-electron chi connectivity index (χ2n) is 7.99. The first-order valence-electron chi connectivity index (χ1n) is 9.69. The van der Waals surface area contributed by atoms with Crippen LogP contribution in [0.4, 0.5) is 5.82 Å². The highest BCUT2D eigenvalue weighted by molar-refractivity contribution is 5.90. The van der Waals surface area contributed by atoms with Crippen LogP contribution in [0.5, 0.6) is 0 Å². The molecule has 8 nitrogen and oxygen atoms in total. The molecule has 0 saturated carbocycles. The normalized spacial score (nSPS) is 11.4. The SMILES string of the molecule is CC(C)(C)c1nnnn1CC(=O)Nc1cc(-c2ccccc2)nn1-c1ccccc1. The molecule has 8 heteroatoms. The molecule has 0 unspecified atom stereocenters. The fraction of sp³-hybridized carbons (Fsp3) is 0.227. The molecule has 30 heavy (non-hydrogen) atoms. The molecule has 4 rings (SSSR count). The standard InChI is InChI=1S/C22H23N7O/c1-22(2,3)21-24-26-27-28(21)15-20(30)23-19-14-18(16-10-6-4-7-11-16)25-29(19)17-12-8-5-9-13-17/h4-14H,15H2,1-3H3,(H,23,30). The summed E-state index contributed by atoms with van der Waals surface area (Å²) in [6, 6.07) is 21.4. The summed E-state index contributed by atoms with van der Waals surface area (Å²) in [5.41, 5.74) is 2.33. The van der Waals surface area contributed by atoms with Crippen molar-refractivity contribution in [3.63, 3.8) is 0 Å². The maximum atomic E-state index is 12.8. The predicted molar refractivity (Wildman–Crippen MR) is 114 cm³/mol. The summed E-state index contributed by atoms with van der Waals surface area (Å²) >= 11 is 0. The van der Waals surface area contributed by atoms with Gasteiger partial charge in [-0.05, 0) is 22.6 Å². The third-order valence-electron chi connectivity index (χ3n) is 4.54. The monoisotopic (exact) mass is 401 g/mol. The van der Waals surface area contributed by atoms with E-state index in [0.29, 0.717) is 11.6 Å². The molecule has 2 heterocycles. The maximum absolute atomic E-state index is 12.8. The van der Waals surface area contributed by atoms with Crippen molar-refractivity contribution in [2.45, 2.75) is 32.7 Å². The van der Waals surface area contributed by atoms with Gasteiger partial charge in [0.15, 0.2) is 5.82 Å². The molecule has 1 N–H and O–H groups in total. The number of aromatic nitrogens is 6. The van der Waals surface area contributed by atoms with Gasteiger partial charge in [0.1, 0.15) is 12.4 Å². The van der Waals surface area contributed by atoms with Crippen LogP contribution >= 0.6 is 0 Å². The number of benzene rings is 2. The fourth-order valence-electron chi connectivity index (χ4n) is 3.15. The van der Waals surface area contributed by atoms with Crippen molar-refractivity contribution < 1.29 is 4.79 Å². The Hall–Kier alpha value is -3.81. The van der Waals surface area contributed by atoms with E-state index in [9.17, 15) is 4.79 Å². The Labute approximate surface area is 174 Å². The van der Waals surface area contributed by atoms with Crippen LogP contribution in [0.3, 0.4) is 0 Å². The summed E-state index contributed by atoms with van der Waals surface area (Å²) in [5.74, 6) is 0.999. The minimum absolute atomic E-state index is 0.0141. The van der Waals surface area contributed by atoms with Gasteiger partial charge in [0.2, 0.25) is 5.91 Å². The molecule has 152 valence electrons. The second kappa shape index (κ2) is 7.90. The lowest BCUT2D eigenvalue weighted by atomic mass is 9.96. The van der Waals surface area contributed by atoms with Gasteiger partial charge >= 0.3 is 0 Å². The molecule has 2 aromatic carbocycles. The van der Waals surface area contributed by atoms with Crippen LogP contribution in [0.25, 0.3) is 16.9 Å². The molecule has 0 fully saturated rings. The van der Waals surface area contributed by atoms with E-state index in [1.165, 1.54) is 4.68 Å². The molecular weight excluding hydrogens is 378 g/mol. The van der Waals surface area contributed by atoms with Crippen LogP contribution in [0.15, 0.2) is 66.7 Å². The van der Waals surface area contributed by atoms with Gasteiger partial charge in [0.05, 0.1) is 11.4 Å². The van der Waals surface area contributed by atoms with Crippen molar-refractivity contribution in [3.8, 4) is 16.9 Å². The number of tetrazole rings is 1. The van der Waals surface area contributed by atoms with Crippen molar-refractivity contribution in [2.24, 2.45) is 0 Å². The molecular formula is C22H23N7O. The van der Waals surface area contributed by atoms with E-state index in [-0.39, 0.29) is 17.9 Å². The first-order chi connectivity index (χ1) is 14.4. The zero-order chi connectivity index (χ0) is 21.1. The van der Waals surface area contributed by atoms with E-state index in [0.717, 1.165) is 16.9 Å². The van der Waals surface area contributed by atoms with Gasteiger partial charge < -0.3 is 5.32 Å². The zero-order valence-electron chi connectivity index (χ0n) is 17.1. The Bertz CT molecular complexity index is 1140. The van der Waals surface area contributed by atoms with Crippen molar-refractivity contribution in [2.75, 3.05) is 5.32 Å². The number of amides is 1. The summed E-state index contributed by atoms with van der Waals surface area (Å²) in [6.07, 6.45) is 0. The number of nitrogens with zero attached hydrogens (tertiary/aromatic N) is 6. The summed E-state index contributed by atoms with van der Waals surface area (Å²) in [6.45, 7) is 6.03. The lowest BCUT2D eigenvalue weighted by molar-refractivity contribution is -0.117. The highest BCUT2D eigenvalue weighted by Crippen LogP contribution is 2.25. The van der Waals surface area contributed by atoms with Crippen LogP contribution in [0, 0.1) is 0 Å². The topological polar surface area (TPSA) is 90.5 Å². The van der Waals surface area contributed by atoms with E-state index in [2.05, 4.69) is 20.8 Å². The highest BCUT2D eigenvalue weighted by Gasteiger charge is 2.23. The number of para-hydroxylation sites is 1. The Morgan fingerprint density at radius 1 is 1.00 bits per heavy atom. The van der Waals surface area contributed by atoms with Crippen molar-refractivity contribution in [1.82, 2.24) is 30.0 Å². The summed E-state index contributed by atoms with van der Waals surface area (Å²) in [7, 11) is 0. The summed E-state index contributed by atoms with van der Waals surface area (Å²) in [4.78, 5) is 12.8. The Morgan fingerprint density at radius 2 is 1.67 bits per heavy atom. The molecule has 0 spiro atoms. The van der Waals surface area contributed by atoms with E-state index < -0.39 is 0 Å². The van der Waals surface area contributed by atoms with Crippen LogP contribution in [-0.2, 0) is 16.8 Å². The van der Waals surface area contributed by atoms with Crippen LogP contribution < -0.4 is 5.32 Å². The minimum atomic E-state index is -0.268. The third kappa shape index (κ3) is 4.12. The van der Waals surface area contributed by atoms with Crippen molar-refractivity contribution in [3.05, 3.63) is 72.6 Å². The smallest absolute Gasteiger partial charge is 0.247 e. The zero-order valence-corrected chi connectivity index (χ0v) is 17.1. The Balaban J connectivity index is 1.64. The number of carbonyl (C=O) groups is 1. The molecule has 0 radical (unpaired) electrons. The lowest BCUT2D eigenvalue weighted by Crippen LogP contribution is -2.26. The van der Waals surface area contributed by atoms with Gasteiger partial charge in [-0.2, -0.15) is 5.10 Å². The number of hydrogen-bond acceptors (Lipinski definition) is 5. The number of hydrogen-bond donors (Lipinski definition) is 1. The van der Waals surface area contributed by atoms with Crippen molar-refractivity contribution in [1.29, 1.82) is 0 Å². The van der Waals surface area contributed by atoms with Gasteiger partial charge in [0.25, 0.3) is 0 Å². The lowest BCUT2D eigenvalue weighted by Gasteiger charge is -2.17. The van der Waals surface area contributed by atoms with Gasteiger partial charge in [-0.1, -0.05) is 69.3 Å². The van der Waals surface area contributed by atoms with Gasteiger partial charge in [-0.25, -0.2) is 9.36 Å². The first kappa shape index (κ1) is 19.5. The molecule has 1 amide bonds. The molecule has 2 aromatic heterocycles. The third-order valence-corrected chi connectivity index (χ3v) is 4.54. The predicted octanol–water partition coefficient (Wildman–Crippen LogP) is 3.46. The van der Waals surface area contributed by atoms with E-state index in [1.54, 1.807) is 4.68 Å². The largest absolute Gasteiger partial charge is 0.309 e. The second-order valence-corrected chi connectivity index (χ2v) is 7.99. The minimum Gasteiger partial charge on any atom is -0.309 e. The molecule has 0 aliphatic carbocycles. The van der Waals surface area contributed by atoms with E-state index in [4.69, 9.17) is 5.10 Å². The highest BCUT2D eigenvalue weighted by atomic mass is 16.2. The molecule has 0 aliphatic heterocycles. The number of anilines is 1. The number of rotatable bonds is 5.